The van der Waals surface area contributed by atoms with Crippen LogP contribution in [-0.4, -0.2) is 17.1 Å². The Morgan fingerprint density at radius 2 is 1.58 bits per heavy atom. The third kappa shape index (κ3) is 3.03. The van der Waals surface area contributed by atoms with Crippen LogP contribution in [0.2, 0.25) is 0 Å². The van der Waals surface area contributed by atoms with E-state index in [9.17, 15) is 18.7 Å². The van der Waals surface area contributed by atoms with Crippen molar-refractivity contribution in [3.05, 3.63) is 71.5 Å². The molecule has 2 rings (SSSR count). The van der Waals surface area contributed by atoms with E-state index in [1.165, 1.54) is 24.3 Å². The number of carbonyl (C=O) groups is 1. The molecular weight excluding hydrogens is 250 g/mol. The van der Waals surface area contributed by atoms with Crippen molar-refractivity contribution in [3.63, 3.8) is 0 Å². The number of alkyl halides is 1. The van der Waals surface area contributed by atoms with E-state index in [1.807, 2.05) is 0 Å². The molecule has 0 saturated heterocycles. The smallest absolute Gasteiger partial charge is 0.199 e. The Labute approximate surface area is 109 Å². The Morgan fingerprint density at radius 1 is 1.00 bits per heavy atom. The second-order valence-electron chi connectivity index (χ2n) is 4.13. The summed E-state index contributed by atoms with van der Waals surface area (Å²) in [5.41, 5.74) is 0.356. The average molecular weight is 262 g/mol. The van der Waals surface area contributed by atoms with Crippen LogP contribution >= 0.6 is 0 Å². The number of aliphatic hydroxyl groups excluding tert-OH is 1. The lowest BCUT2D eigenvalue weighted by molar-refractivity contribution is 0.0549. The molecule has 0 aromatic heterocycles. The fourth-order valence-corrected chi connectivity index (χ4v) is 1.74. The van der Waals surface area contributed by atoms with Crippen molar-refractivity contribution in [2.24, 2.45) is 0 Å². The highest BCUT2D eigenvalue weighted by molar-refractivity contribution is 5.99. The number of benzene rings is 2. The summed E-state index contributed by atoms with van der Waals surface area (Å²) in [6.45, 7) is 0. The number of hydrogen-bond acceptors (Lipinski definition) is 2. The highest BCUT2D eigenvalue weighted by atomic mass is 19.1. The van der Waals surface area contributed by atoms with Crippen LogP contribution < -0.4 is 0 Å². The first-order chi connectivity index (χ1) is 9.09. The molecule has 2 atom stereocenters. The lowest BCUT2D eigenvalue weighted by Gasteiger charge is -2.15. The zero-order chi connectivity index (χ0) is 13.8. The van der Waals surface area contributed by atoms with E-state index in [-0.39, 0.29) is 5.56 Å². The third-order valence-corrected chi connectivity index (χ3v) is 2.80. The van der Waals surface area contributed by atoms with E-state index in [0.717, 1.165) is 12.1 Å². The number of halogens is 2. The molecule has 2 aromatic rings. The Kier molecular flexibility index (Phi) is 4.02. The van der Waals surface area contributed by atoms with Crippen LogP contribution in [0.15, 0.2) is 54.6 Å². The molecule has 98 valence electrons. The minimum absolute atomic E-state index is 0.0314. The van der Waals surface area contributed by atoms with Crippen molar-refractivity contribution in [2.75, 3.05) is 0 Å². The van der Waals surface area contributed by atoms with Gasteiger partial charge in [-0.15, -0.1) is 0 Å². The summed E-state index contributed by atoms with van der Waals surface area (Å²) < 4.78 is 26.7. The normalized spacial score (nSPS) is 13.8. The van der Waals surface area contributed by atoms with Gasteiger partial charge < -0.3 is 5.11 Å². The van der Waals surface area contributed by atoms with Gasteiger partial charge in [0.15, 0.2) is 12.0 Å². The predicted octanol–water partition coefficient (Wildman–Crippen LogP) is 3.08. The van der Waals surface area contributed by atoms with Crippen LogP contribution in [0.3, 0.4) is 0 Å². The molecular formula is C15H12F2O2. The van der Waals surface area contributed by atoms with E-state index in [2.05, 4.69) is 0 Å². The topological polar surface area (TPSA) is 37.3 Å². The van der Waals surface area contributed by atoms with Crippen LogP contribution in [0.4, 0.5) is 8.78 Å². The van der Waals surface area contributed by atoms with Gasteiger partial charge in [-0.3, -0.25) is 4.79 Å². The molecule has 1 N–H and O–H groups in total. The molecule has 0 fully saturated rings. The molecule has 2 aromatic carbocycles. The number of rotatable bonds is 4. The van der Waals surface area contributed by atoms with Gasteiger partial charge >= 0.3 is 0 Å². The predicted molar refractivity (Wildman–Crippen MR) is 67.0 cm³/mol. The van der Waals surface area contributed by atoms with Crippen LogP contribution in [0.5, 0.6) is 0 Å². The molecule has 0 radical (unpaired) electrons. The molecule has 0 spiro atoms. The maximum atomic E-state index is 14.0. The van der Waals surface area contributed by atoms with Gasteiger partial charge in [-0.05, 0) is 29.8 Å². The molecule has 2 unspecified atom stereocenters. The first kappa shape index (κ1) is 13.4. The summed E-state index contributed by atoms with van der Waals surface area (Å²) in [5.74, 6) is -1.37. The lowest BCUT2D eigenvalue weighted by atomic mass is 9.98. The number of Topliss-reactive ketones (excluding diaryl/α,β-unsaturated/α-hetero) is 1. The average Bonchev–Trinajstić information content (AvgIpc) is 2.46. The molecule has 0 saturated carbocycles. The Morgan fingerprint density at radius 3 is 2.16 bits per heavy atom. The van der Waals surface area contributed by atoms with Crippen molar-refractivity contribution in [1.82, 2.24) is 0 Å². The van der Waals surface area contributed by atoms with Crippen LogP contribution in [-0.2, 0) is 0 Å². The molecule has 0 aliphatic carbocycles. The van der Waals surface area contributed by atoms with E-state index in [1.54, 1.807) is 18.2 Å². The fourth-order valence-electron chi connectivity index (χ4n) is 1.74. The van der Waals surface area contributed by atoms with Crippen LogP contribution in [0, 0.1) is 5.82 Å². The second-order valence-corrected chi connectivity index (χ2v) is 4.13. The summed E-state index contributed by atoms with van der Waals surface area (Å²) in [6.07, 6.45) is -3.60. The molecule has 4 heteroatoms. The first-order valence-electron chi connectivity index (χ1n) is 5.76. The number of aliphatic hydroxyl groups is 1. The highest BCUT2D eigenvalue weighted by Gasteiger charge is 2.28. The maximum absolute atomic E-state index is 14.0. The lowest BCUT2D eigenvalue weighted by Crippen LogP contribution is -2.24. The summed E-state index contributed by atoms with van der Waals surface area (Å²) in [4.78, 5) is 11.8. The van der Waals surface area contributed by atoms with E-state index < -0.39 is 23.9 Å². The Balaban J connectivity index is 2.17. The summed E-state index contributed by atoms with van der Waals surface area (Å²) in [5, 5.41) is 9.81. The Bertz CT molecular complexity index is 552. The summed E-state index contributed by atoms with van der Waals surface area (Å²) in [6, 6.07) is 12.6. The largest absolute Gasteiger partial charge is 0.385 e. The summed E-state index contributed by atoms with van der Waals surface area (Å²) >= 11 is 0. The first-order valence-corrected chi connectivity index (χ1v) is 5.76. The van der Waals surface area contributed by atoms with Crippen molar-refractivity contribution in [1.29, 1.82) is 0 Å². The van der Waals surface area contributed by atoms with Crippen molar-refractivity contribution < 1.29 is 18.7 Å². The monoisotopic (exact) mass is 262 g/mol. The third-order valence-electron chi connectivity index (χ3n) is 2.80. The van der Waals surface area contributed by atoms with Gasteiger partial charge in [-0.2, -0.15) is 0 Å². The fraction of sp³-hybridized carbons (Fsp3) is 0.133. The standard InChI is InChI=1S/C15H12F2O2/c16-12-8-6-11(7-9-12)15(19)13(17)14(18)10-4-2-1-3-5-10/h1-9,13-14,18H. The molecule has 2 nitrogen and oxygen atoms in total. The Hall–Kier alpha value is -2.07. The molecule has 0 heterocycles. The summed E-state index contributed by atoms with van der Waals surface area (Å²) in [7, 11) is 0. The van der Waals surface area contributed by atoms with E-state index in [4.69, 9.17) is 0 Å². The molecule has 19 heavy (non-hydrogen) atoms. The van der Waals surface area contributed by atoms with E-state index in [0.29, 0.717) is 5.56 Å². The van der Waals surface area contributed by atoms with Gasteiger partial charge in [0.05, 0.1) is 0 Å². The number of hydrogen-bond donors (Lipinski definition) is 1. The quantitative estimate of drug-likeness (QED) is 0.860. The minimum atomic E-state index is -2.08. The molecule has 0 aliphatic heterocycles. The van der Waals surface area contributed by atoms with Gasteiger partial charge in [0.25, 0.3) is 0 Å². The van der Waals surface area contributed by atoms with Crippen molar-refractivity contribution in [3.8, 4) is 0 Å². The van der Waals surface area contributed by atoms with Crippen molar-refractivity contribution >= 4 is 5.78 Å². The number of ketones is 1. The van der Waals surface area contributed by atoms with E-state index >= 15 is 0 Å². The molecule has 0 amide bonds. The van der Waals surface area contributed by atoms with Crippen LogP contribution in [0.1, 0.15) is 22.0 Å². The van der Waals surface area contributed by atoms with Gasteiger partial charge in [-0.25, -0.2) is 8.78 Å². The zero-order valence-electron chi connectivity index (χ0n) is 9.96. The minimum Gasteiger partial charge on any atom is -0.385 e. The van der Waals surface area contributed by atoms with Gasteiger partial charge in [0.2, 0.25) is 0 Å². The second kappa shape index (κ2) is 5.71. The molecule has 0 aliphatic rings. The maximum Gasteiger partial charge on any atom is 0.199 e. The highest BCUT2D eigenvalue weighted by Crippen LogP contribution is 2.22. The van der Waals surface area contributed by atoms with Crippen LogP contribution in [0.25, 0.3) is 0 Å². The van der Waals surface area contributed by atoms with Gasteiger partial charge in [0.1, 0.15) is 11.9 Å². The number of carbonyl (C=O) groups excluding carboxylic acids is 1. The zero-order valence-corrected chi connectivity index (χ0v) is 9.96. The van der Waals surface area contributed by atoms with Crippen molar-refractivity contribution in [2.45, 2.75) is 12.3 Å². The van der Waals surface area contributed by atoms with Gasteiger partial charge in [0, 0.05) is 5.56 Å². The molecule has 0 bridgehead atoms. The SMILES string of the molecule is O=C(c1ccc(F)cc1)C(F)C(O)c1ccccc1. The van der Waals surface area contributed by atoms with Gasteiger partial charge in [-0.1, -0.05) is 30.3 Å².